The molecule has 4 aromatic carbocycles. The van der Waals surface area contributed by atoms with Crippen molar-refractivity contribution in [1.82, 2.24) is 9.80 Å². The molecule has 2 aliphatic rings. The van der Waals surface area contributed by atoms with Crippen LogP contribution in [0.15, 0.2) is 66.7 Å². The van der Waals surface area contributed by atoms with Crippen molar-refractivity contribution in [2.24, 2.45) is 0 Å². The fraction of sp³-hybridized carbons (Fsp3) is 0.312. The minimum atomic E-state index is 0.0121. The molecule has 188 valence electrons. The van der Waals surface area contributed by atoms with Crippen molar-refractivity contribution in [2.75, 3.05) is 38.5 Å². The van der Waals surface area contributed by atoms with Crippen LogP contribution in [-0.2, 0) is 16.0 Å². The van der Waals surface area contributed by atoms with E-state index in [0.29, 0.717) is 19.3 Å². The first-order valence-electron chi connectivity index (χ1n) is 13.4. The lowest BCUT2D eigenvalue weighted by atomic mass is 9.95. The van der Waals surface area contributed by atoms with Crippen LogP contribution in [0.25, 0.3) is 32.7 Å². The SMILES string of the molecule is CN1CCN(C(=O)CCCCC(=O)Nc2cc3c(c4ccccc24)-c2ccc4ccccc4c2C3)CC1. The third-order valence-electron chi connectivity index (χ3n) is 7.98. The number of amides is 2. The number of benzene rings is 4. The molecule has 0 aromatic heterocycles. The van der Waals surface area contributed by atoms with Crippen molar-refractivity contribution < 1.29 is 9.59 Å². The van der Waals surface area contributed by atoms with E-state index in [9.17, 15) is 9.59 Å². The molecule has 1 aliphatic heterocycles. The Labute approximate surface area is 218 Å². The van der Waals surface area contributed by atoms with E-state index in [1.807, 2.05) is 11.0 Å². The van der Waals surface area contributed by atoms with Crippen LogP contribution in [-0.4, -0.2) is 54.8 Å². The van der Waals surface area contributed by atoms with E-state index in [1.54, 1.807) is 0 Å². The summed E-state index contributed by atoms with van der Waals surface area (Å²) in [4.78, 5) is 29.6. The Balaban J connectivity index is 1.15. The van der Waals surface area contributed by atoms with Gasteiger partial charge in [-0.3, -0.25) is 9.59 Å². The smallest absolute Gasteiger partial charge is 0.224 e. The third-order valence-corrected chi connectivity index (χ3v) is 7.98. The summed E-state index contributed by atoms with van der Waals surface area (Å²) in [6.07, 6.45) is 3.27. The summed E-state index contributed by atoms with van der Waals surface area (Å²) in [7, 11) is 2.09. The molecule has 1 saturated heterocycles. The predicted octanol–water partition coefficient (Wildman–Crippen LogP) is 5.84. The lowest BCUT2D eigenvalue weighted by Gasteiger charge is -2.32. The average molecular weight is 492 g/mol. The van der Waals surface area contributed by atoms with Gasteiger partial charge in [-0.15, -0.1) is 0 Å². The van der Waals surface area contributed by atoms with E-state index in [1.165, 1.54) is 38.4 Å². The number of hydrogen-bond donors (Lipinski definition) is 1. The van der Waals surface area contributed by atoms with Crippen LogP contribution in [0.1, 0.15) is 36.8 Å². The van der Waals surface area contributed by atoms with E-state index < -0.39 is 0 Å². The van der Waals surface area contributed by atoms with Gasteiger partial charge in [0.05, 0.1) is 0 Å². The monoisotopic (exact) mass is 491 g/mol. The lowest BCUT2D eigenvalue weighted by molar-refractivity contribution is -0.133. The Hall–Kier alpha value is -3.70. The molecular weight excluding hydrogens is 458 g/mol. The summed E-state index contributed by atoms with van der Waals surface area (Å²) in [6, 6.07) is 23.6. The normalized spacial score (nSPS) is 15.1. The molecule has 4 aromatic rings. The van der Waals surface area contributed by atoms with E-state index >= 15 is 0 Å². The number of fused-ring (bicyclic) bond motifs is 7. The summed E-state index contributed by atoms with van der Waals surface area (Å²) in [5.41, 5.74) is 6.10. The third kappa shape index (κ3) is 4.60. The molecule has 1 heterocycles. The summed E-state index contributed by atoms with van der Waals surface area (Å²) in [5, 5.41) is 8.01. The van der Waals surface area contributed by atoms with Crippen molar-refractivity contribution >= 4 is 39.0 Å². The van der Waals surface area contributed by atoms with Crippen LogP contribution < -0.4 is 5.32 Å². The number of rotatable bonds is 6. The average Bonchev–Trinajstić information content (AvgIpc) is 3.30. The second kappa shape index (κ2) is 9.98. The van der Waals surface area contributed by atoms with Crippen molar-refractivity contribution in [3.8, 4) is 11.1 Å². The predicted molar refractivity (Wildman–Crippen MR) is 151 cm³/mol. The fourth-order valence-electron chi connectivity index (χ4n) is 5.93. The van der Waals surface area contributed by atoms with Gasteiger partial charge in [0.2, 0.25) is 11.8 Å². The van der Waals surface area contributed by atoms with E-state index in [2.05, 4.69) is 77.9 Å². The molecule has 6 rings (SSSR count). The highest BCUT2D eigenvalue weighted by atomic mass is 16.2. The van der Waals surface area contributed by atoms with Crippen molar-refractivity contribution in [3.05, 3.63) is 77.9 Å². The summed E-state index contributed by atoms with van der Waals surface area (Å²) in [6.45, 7) is 3.48. The number of carbonyl (C=O) groups is 2. The van der Waals surface area contributed by atoms with E-state index in [4.69, 9.17) is 0 Å². The number of hydrogen-bond acceptors (Lipinski definition) is 3. The second-order valence-corrected chi connectivity index (χ2v) is 10.4. The van der Waals surface area contributed by atoms with Crippen molar-refractivity contribution in [2.45, 2.75) is 32.1 Å². The van der Waals surface area contributed by atoms with Gasteiger partial charge in [-0.1, -0.05) is 60.7 Å². The number of unbranched alkanes of at least 4 members (excludes halogenated alkanes) is 1. The zero-order valence-electron chi connectivity index (χ0n) is 21.4. The number of carbonyl (C=O) groups excluding carboxylic acids is 2. The first-order valence-corrected chi connectivity index (χ1v) is 13.4. The number of nitrogens with zero attached hydrogens (tertiary/aromatic N) is 2. The standard InChI is InChI=1S/C32H33N3O2/c1-34-16-18-35(19-17-34)31(37)13-7-6-12-30(36)33-29-21-23-20-28-24-9-3-2-8-22(24)14-15-27(28)32(23)26-11-5-4-10-25(26)29/h2-5,8-11,14-15,21H,6-7,12-13,16-20H2,1H3,(H,33,36). The Kier molecular flexibility index (Phi) is 6.39. The molecule has 0 saturated carbocycles. The van der Waals surface area contributed by atoms with Crippen LogP contribution in [0.2, 0.25) is 0 Å². The Morgan fingerprint density at radius 1 is 0.811 bits per heavy atom. The molecule has 1 aliphatic carbocycles. The zero-order chi connectivity index (χ0) is 25.4. The van der Waals surface area contributed by atoms with Crippen molar-refractivity contribution in [3.63, 3.8) is 0 Å². The molecule has 37 heavy (non-hydrogen) atoms. The van der Waals surface area contributed by atoms with Crippen LogP contribution in [0.3, 0.4) is 0 Å². The first-order chi connectivity index (χ1) is 18.1. The number of nitrogens with one attached hydrogen (secondary N) is 1. The number of anilines is 1. The molecule has 0 atom stereocenters. The maximum atomic E-state index is 12.9. The zero-order valence-corrected chi connectivity index (χ0v) is 21.4. The van der Waals surface area contributed by atoms with Crippen LogP contribution >= 0.6 is 0 Å². The fourth-order valence-corrected chi connectivity index (χ4v) is 5.93. The molecule has 0 bridgehead atoms. The summed E-state index contributed by atoms with van der Waals surface area (Å²) >= 11 is 0. The largest absolute Gasteiger partial charge is 0.340 e. The number of likely N-dealkylation sites (N-methyl/N-ethyl adjacent to an activating group) is 1. The van der Waals surface area contributed by atoms with Crippen LogP contribution in [0, 0.1) is 0 Å². The summed E-state index contributed by atoms with van der Waals surface area (Å²) < 4.78 is 0. The molecule has 1 fully saturated rings. The Morgan fingerprint density at radius 2 is 1.51 bits per heavy atom. The molecule has 1 N–H and O–H groups in total. The molecule has 0 unspecified atom stereocenters. The van der Waals surface area contributed by atoms with Gasteiger partial charge in [0.25, 0.3) is 0 Å². The van der Waals surface area contributed by atoms with Gasteiger partial charge in [0.15, 0.2) is 0 Å². The minimum absolute atomic E-state index is 0.0121. The molecular formula is C32H33N3O2. The highest BCUT2D eigenvalue weighted by Gasteiger charge is 2.24. The molecule has 0 spiro atoms. The van der Waals surface area contributed by atoms with Gasteiger partial charge in [0, 0.05) is 50.1 Å². The van der Waals surface area contributed by atoms with Crippen LogP contribution in [0.4, 0.5) is 5.69 Å². The topological polar surface area (TPSA) is 52.7 Å². The quantitative estimate of drug-likeness (QED) is 0.304. The minimum Gasteiger partial charge on any atom is -0.340 e. The maximum Gasteiger partial charge on any atom is 0.224 e. The van der Waals surface area contributed by atoms with E-state index in [-0.39, 0.29) is 11.8 Å². The van der Waals surface area contributed by atoms with Gasteiger partial charge < -0.3 is 15.1 Å². The Bertz CT molecular complexity index is 1500. The van der Waals surface area contributed by atoms with Gasteiger partial charge in [-0.25, -0.2) is 0 Å². The Morgan fingerprint density at radius 3 is 2.32 bits per heavy atom. The van der Waals surface area contributed by atoms with Crippen molar-refractivity contribution in [1.29, 1.82) is 0 Å². The van der Waals surface area contributed by atoms with Crippen LogP contribution in [0.5, 0.6) is 0 Å². The van der Waals surface area contributed by atoms with Gasteiger partial charge in [-0.05, 0) is 70.8 Å². The van der Waals surface area contributed by atoms with E-state index in [0.717, 1.165) is 50.1 Å². The van der Waals surface area contributed by atoms with Gasteiger partial charge >= 0.3 is 0 Å². The molecule has 0 radical (unpaired) electrons. The maximum absolute atomic E-state index is 12.9. The first kappa shape index (κ1) is 23.7. The van der Waals surface area contributed by atoms with Gasteiger partial charge in [-0.2, -0.15) is 0 Å². The number of piperazine rings is 1. The summed E-state index contributed by atoms with van der Waals surface area (Å²) in [5.74, 6) is 0.225. The second-order valence-electron chi connectivity index (χ2n) is 10.4. The molecule has 5 nitrogen and oxygen atoms in total. The highest BCUT2D eigenvalue weighted by molar-refractivity contribution is 6.11. The highest BCUT2D eigenvalue weighted by Crippen LogP contribution is 2.46. The lowest BCUT2D eigenvalue weighted by Crippen LogP contribution is -2.47. The van der Waals surface area contributed by atoms with Gasteiger partial charge in [0.1, 0.15) is 0 Å². The molecule has 5 heteroatoms. The molecule has 2 amide bonds.